The third-order valence-corrected chi connectivity index (χ3v) is 2.70. The molecule has 2 aliphatic heterocycles. The average molecular weight is 268 g/mol. The molecule has 0 saturated carbocycles. The van der Waals surface area contributed by atoms with Gasteiger partial charge in [-0.05, 0) is 12.1 Å². The quantitative estimate of drug-likeness (QED) is 0.732. The van der Waals surface area contributed by atoms with Crippen LogP contribution in [0.15, 0.2) is 24.3 Å². The van der Waals surface area contributed by atoms with E-state index in [9.17, 15) is 0 Å². The lowest BCUT2D eigenvalue weighted by atomic mass is 10.3. The third kappa shape index (κ3) is 5.46. The molecule has 0 spiro atoms. The van der Waals surface area contributed by atoms with E-state index in [4.69, 9.17) is 23.7 Å². The maximum absolute atomic E-state index is 5.23. The number of hydrogen-bond donors (Lipinski definition) is 0. The van der Waals surface area contributed by atoms with E-state index in [0.29, 0.717) is 12.2 Å². The Morgan fingerprint density at radius 3 is 1.68 bits per heavy atom. The minimum atomic E-state index is 0.392. The molecule has 2 fully saturated rings. The Labute approximate surface area is 113 Å². The first-order chi connectivity index (χ1) is 9.33. The fourth-order valence-corrected chi connectivity index (χ4v) is 1.45. The number of benzene rings is 1. The van der Waals surface area contributed by atoms with Crippen LogP contribution in [0.25, 0.3) is 0 Å². The number of methoxy groups -OCH3 is 2. The Morgan fingerprint density at radius 2 is 1.37 bits per heavy atom. The largest absolute Gasteiger partial charge is 0.493 e. The van der Waals surface area contributed by atoms with Crippen LogP contribution < -0.4 is 9.47 Å². The van der Waals surface area contributed by atoms with Crippen LogP contribution in [0.1, 0.15) is 0 Å². The second kappa shape index (κ2) is 7.33. The van der Waals surface area contributed by atoms with Gasteiger partial charge in [-0.2, -0.15) is 0 Å². The molecule has 2 heterocycles. The summed E-state index contributed by atoms with van der Waals surface area (Å²) in [4.78, 5) is 0. The molecule has 5 heteroatoms. The fourth-order valence-electron chi connectivity index (χ4n) is 1.45. The van der Waals surface area contributed by atoms with Gasteiger partial charge in [-0.25, -0.2) is 0 Å². The monoisotopic (exact) mass is 268 g/mol. The van der Waals surface area contributed by atoms with E-state index in [-0.39, 0.29) is 0 Å². The summed E-state index contributed by atoms with van der Waals surface area (Å²) < 4.78 is 25.1. The van der Waals surface area contributed by atoms with Gasteiger partial charge in [-0.3, -0.25) is 0 Å². The molecule has 0 radical (unpaired) electrons. The second-order valence-corrected chi connectivity index (χ2v) is 4.30. The van der Waals surface area contributed by atoms with Crippen molar-refractivity contribution in [3.05, 3.63) is 24.3 Å². The highest BCUT2D eigenvalue weighted by Crippen LogP contribution is 2.24. The molecule has 1 aromatic carbocycles. The fraction of sp³-hybridized carbons (Fsp3) is 0.571. The molecule has 0 aromatic heterocycles. The smallest absolute Gasteiger partial charge is 0.160 e. The van der Waals surface area contributed by atoms with Crippen LogP contribution in [-0.2, 0) is 14.2 Å². The van der Waals surface area contributed by atoms with E-state index in [2.05, 4.69) is 0 Å². The predicted octanol–water partition coefficient (Wildman–Crippen LogP) is 1.50. The summed E-state index contributed by atoms with van der Waals surface area (Å²) in [5.74, 6) is 1.54. The highest BCUT2D eigenvalue weighted by atomic mass is 16.6. The van der Waals surface area contributed by atoms with Gasteiger partial charge in [0.15, 0.2) is 11.5 Å². The molecule has 0 bridgehead atoms. The Morgan fingerprint density at radius 1 is 0.947 bits per heavy atom. The van der Waals surface area contributed by atoms with E-state index in [0.717, 1.165) is 37.9 Å². The molecular weight excluding hydrogens is 248 g/mol. The minimum Gasteiger partial charge on any atom is -0.493 e. The molecule has 106 valence electrons. The zero-order valence-electron chi connectivity index (χ0n) is 11.3. The average Bonchev–Trinajstić information content (AvgIpc) is 3.34. The summed E-state index contributed by atoms with van der Waals surface area (Å²) in [5.41, 5.74) is 0. The van der Waals surface area contributed by atoms with Gasteiger partial charge < -0.3 is 23.7 Å². The Hall–Kier alpha value is -1.30. The van der Waals surface area contributed by atoms with Crippen LogP contribution >= 0.6 is 0 Å². The second-order valence-electron chi connectivity index (χ2n) is 4.30. The topological polar surface area (TPSA) is 52.8 Å². The molecule has 0 aliphatic carbocycles. The molecule has 19 heavy (non-hydrogen) atoms. The first-order valence-corrected chi connectivity index (χ1v) is 6.31. The van der Waals surface area contributed by atoms with Crippen molar-refractivity contribution >= 4 is 0 Å². The number of para-hydroxylation sites is 2. The van der Waals surface area contributed by atoms with E-state index < -0.39 is 0 Å². The third-order valence-electron chi connectivity index (χ3n) is 2.70. The lowest BCUT2D eigenvalue weighted by Gasteiger charge is -2.04. The van der Waals surface area contributed by atoms with E-state index in [1.165, 1.54) is 0 Å². The summed E-state index contributed by atoms with van der Waals surface area (Å²) in [6.45, 7) is 3.26. The molecule has 3 rings (SSSR count). The van der Waals surface area contributed by atoms with Crippen molar-refractivity contribution in [2.75, 3.05) is 40.6 Å². The van der Waals surface area contributed by atoms with Crippen LogP contribution in [-0.4, -0.2) is 52.9 Å². The van der Waals surface area contributed by atoms with Gasteiger partial charge in [-0.15, -0.1) is 0 Å². The number of epoxide rings is 2. The number of hydrogen-bond acceptors (Lipinski definition) is 5. The molecule has 5 nitrogen and oxygen atoms in total. The van der Waals surface area contributed by atoms with Gasteiger partial charge >= 0.3 is 0 Å². The van der Waals surface area contributed by atoms with Crippen LogP contribution in [0.2, 0.25) is 0 Å². The van der Waals surface area contributed by atoms with Crippen molar-refractivity contribution in [1.82, 2.24) is 0 Å². The molecule has 2 saturated heterocycles. The van der Waals surface area contributed by atoms with Crippen molar-refractivity contribution in [2.24, 2.45) is 0 Å². The van der Waals surface area contributed by atoms with Crippen molar-refractivity contribution in [1.29, 1.82) is 0 Å². The van der Waals surface area contributed by atoms with Crippen molar-refractivity contribution in [3.63, 3.8) is 0 Å². The molecule has 1 aromatic rings. The van der Waals surface area contributed by atoms with Gasteiger partial charge in [0.05, 0.1) is 40.6 Å². The van der Waals surface area contributed by atoms with Gasteiger partial charge in [-0.1, -0.05) is 12.1 Å². The summed E-state index contributed by atoms with van der Waals surface area (Å²) in [5, 5.41) is 0. The first-order valence-electron chi connectivity index (χ1n) is 6.31. The molecule has 0 amide bonds. The highest BCUT2D eigenvalue weighted by Gasteiger charge is 2.26. The van der Waals surface area contributed by atoms with Crippen LogP contribution in [0.3, 0.4) is 0 Å². The highest BCUT2D eigenvalue weighted by molar-refractivity contribution is 5.38. The van der Waals surface area contributed by atoms with Gasteiger partial charge in [0.1, 0.15) is 12.2 Å². The lowest BCUT2D eigenvalue weighted by molar-refractivity contribution is 0.102. The maximum atomic E-state index is 5.23. The van der Waals surface area contributed by atoms with E-state index in [1.54, 1.807) is 14.2 Å². The summed E-state index contributed by atoms with van der Waals surface area (Å²) >= 11 is 0. The number of ether oxygens (including phenoxy) is 5. The number of rotatable bonds is 6. The lowest BCUT2D eigenvalue weighted by Crippen LogP contribution is -2.06. The van der Waals surface area contributed by atoms with Gasteiger partial charge in [0.25, 0.3) is 0 Å². The van der Waals surface area contributed by atoms with Crippen LogP contribution in [0.4, 0.5) is 0 Å². The van der Waals surface area contributed by atoms with Crippen LogP contribution in [0, 0.1) is 0 Å². The van der Waals surface area contributed by atoms with E-state index >= 15 is 0 Å². The van der Waals surface area contributed by atoms with Crippen LogP contribution in [0.5, 0.6) is 11.5 Å². The normalized spacial score (nSPS) is 23.1. The zero-order chi connectivity index (χ0) is 13.5. The molecule has 2 unspecified atom stereocenters. The SMILES string of the molecule is C(OCC1CO1)C1CO1.COc1ccccc1OC. The Kier molecular flexibility index (Phi) is 5.44. The Bertz CT molecular complexity index is 339. The standard InChI is InChI=1S/C8H10O2.C6H10O3/c1-9-7-5-3-4-6-8(7)10-2;1(5-3-8-5)7-2-6-4-9-6/h3-6H,1-2H3;5-6H,1-4H2. The molecule has 2 atom stereocenters. The first kappa shape index (κ1) is 14.1. The van der Waals surface area contributed by atoms with Crippen molar-refractivity contribution in [3.8, 4) is 11.5 Å². The predicted molar refractivity (Wildman–Crippen MR) is 69.8 cm³/mol. The minimum absolute atomic E-state index is 0.392. The molecule has 0 N–H and O–H groups in total. The summed E-state index contributed by atoms with van der Waals surface area (Å²) in [6.07, 6.45) is 0.785. The molecular formula is C14H20O5. The van der Waals surface area contributed by atoms with Gasteiger partial charge in [0.2, 0.25) is 0 Å². The van der Waals surface area contributed by atoms with Crippen molar-refractivity contribution in [2.45, 2.75) is 12.2 Å². The Balaban J connectivity index is 0.000000141. The summed E-state index contributed by atoms with van der Waals surface area (Å²) in [7, 11) is 3.25. The summed E-state index contributed by atoms with van der Waals surface area (Å²) in [6, 6.07) is 7.53. The van der Waals surface area contributed by atoms with E-state index in [1.807, 2.05) is 24.3 Å². The van der Waals surface area contributed by atoms with Crippen molar-refractivity contribution < 1.29 is 23.7 Å². The molecule has 2 aliphatic rings. The maximum Gasteiger partial charge on any atom is 0.160 e. The van der Waals surface area contributed by atoms with Gasteiger partial charge in [0, 0.05) is 0 Å². The zero-order valence-corrected chi connectivity index (χ0v) is 11.3.